The summed E-state index contributed by atoms with van der Waals surface area (Å²) < 4.78 is 10.7. The average Bonchev–Trinajstić information content (AvgIpc) is 2.18. The Bertz CT molecular complexity index is 274. The van der Waals surface area contributed by atoms with Gasteiger partial charge in [0.2, 0.25) is 0 Å². The minimum atomic E-state index is -0.676. The maximum atomic E-state index is 10.7. The zero-order valence-electron chi connectivity index (χ0n) is 8.53. The predicted octanol–water partition coefficient (Wildman–Crippen LogP) is 1.20. The van der Waals surface area contributed by atoms with E-state index in [1.807, 2.05) is 6.07 Å². The van der Waals surface area contributed by atoms with E-state index in [2.05, 4.69) is 29.6 Å². The Morgan fingerprint density at radius 1 is 1.21 bits per heavy atom. The highest BCUT2D eigenvalue weighted by Crippen LogP contribution is 1.97. The molecule has 0 aliphatic rings. The Hall–Kier alpha value is -0.670. The Kier molecular flexibility index (Phi) is 5.49. The summed E-state index contributed by atoms with van der Waals surface area (Å²) in [6, 6.07) is 10.4. The van der Waals surface area contributed by atoms with Gasteiger partial charge in [-0.25, -0.2) is 0 Å². The summed E-state index contributed by atoms with van der Waals surface area (Å²) in [7, 11) is -0.676. The van der Waals surface area contributed by atoms with E-state index in [4.69, 9.17) is 0 Å². The molecule has 0 spiro atoms. The predicted molar refractivity (Wildman–Crippen MR) is 61.9 cm³/mol. The lowest BCUT2D eigenvalue weighted by atomic mass is 10.1. The fraction of sp³-hybridized carbons (Fsp3) is 0.455. The van der Waals surface area contributed by atoms with Crippen molar-refractivity contribution in [3.8, 4) is 0 Å². The molecular weight excluding hydrogens is 194 g/mol. The molecule has 0 bridgehead atoms. The fourth-order valence-corrected chi connectivity index (χ4v) is 1.65. The molecule has 1 rings (SSSR count). The van der Waals surface area contributed by atoms with Crippen LogP contribution in [0.4, 0.5) is 0 Å². The minimum absolute atomic E-state index is 0.676. The Balaban J connectivity index is 2.08. The van der Waals surface area contributed by atoms with Gasteiger partial charge in [0, 0.05) is 29.4 Å². The molecule has 1 aromatic carbocycles. The van der Waals surface area contributed by atoms with E-state index in [0.717, 1.165) is 25.3 Å². The van der Waals surface area contributed by atoms with Gasteiger partial charge in [0.05, 0.1) is 0 Å². The number of rotatable bonds is 6. The van der Waals surface area contributed by atoms with E-state index in [-0.39, 0.29) is 0 Å². The van der Waals surface area contributed by atoms with Crippen LogP contribution in [0.15, 0.2) is 30.3 Å². The van der Waals surface area contributed by atoms with Crippen molar-refractivity contribution in [1.29, 1.82) is 0 Å². The minimum Gasteiger partial charge on any atom is -0.315 e. The lowest BCUT2D eigenvalue weighted by Gasteiger charge is -2.03. The molecule has 0 heterocycles. The number of benzene rings is 1. The van der Waals surface area contributed by atoms with Gasteiger partial charge in [0.15, 0.2) is 0 Å². The number of nitrogens with one attached hydrogen (secondary N) is 1. The monoisotopic (exact) mass is 211 g/mol. The summed E-state index contributed by atoms with van der Waals surface area (Å²) in [5.41, 5.74) is 1.35. The highest BCUT2D eigenvalue weighted by molar-refractivity contribution is 7.84. The third-order valence-electron chi connectivity index (χ3n) is 2.00. The summed E-state index contributed by atoms with van der Waals surface area (Å²) in [6.45, 7) is 1.80. The highest BCUT2D eigenvalue weighted by Gasteiger charge is 1.92. The van der Waals surface area contributed by atoms with E-state index < -0.39 is 10.8 Å². The Morgan fingerprint density at radius 3 is 2.57 bits per heavy atom. The SMILES string of the molecule is CS(=O)CCNCCc1ccccc1. The van der Waals surface area contributed by atoms with Gasteiger partial charge in [-0.3, -0.25) is 4.21 Å². The fourth-order valence-electron chi connectivity index (χ4n) is 1.22. The zero-order valence-corrected chi connectivity index (χ0v) is 9.35. The number of hydrogen-bond donors (Lipinski definition) is 1. The molecule has 1 N–H and O–H groups in total. The molecule has 3 heteroatoms. The standard InChI is InChI=1S/C11H17NOS/c1-14(13)10-9-12-8-7-11-5-3-2-4-6-11/h2-6,12H,7-10H2,1H3. The lowest BCUT2D eigenvalue weighted by Crippen LogP contribution is -2.22. The number of hydrogen-bond acceptors (Lipinski definition) is 2. The summed E-state index contributed by atoms with van der Waals surface area (Å²) in [6.07, 6.45) is 2.77. The molecule has 2 nitrogen and oxygen atoms in total. The van der Waals surface area contributed by atoms with Crippen molar-refractivity contribution in [3.05, 3.63) is 35.9 Å². The molecule has 1 unspecified atom stereocenters. The van der Waals surface area contributed by atoms with Gasteiger partial charge < -0.3 is 5.32 Å². The second-order valence-corrected chi connectivity index (χ2v) is 4.82. The maximum absolute atomic E-state index is 10.7. The van der Waals surface area contributed by atoms with E-state index in [0.29, 0.717) is 0 Å². The van der Waals surface area contributed by atoms with E-state index in [9.17, 15) is 4.21 Å². The lowest BCUT2D eigenvalue weighted by molar-refractivity contribution is 0.676. The molecule has 14 heavy (non-hydrogen) atoms. The summed E-state index contributed by atoms with van der Waals surface area (Å²) in [4.78, 5) is 0. The first-order chi connectivity index (χ1) is 6.79. The summed E-state index contributed by atoms with van der Waals surface area (Å²) in [5.74, 6) is 0.745. The van der Waals surface area contributed by atoms with Crippen LogP contribution in [-0.4, -0.2) is 29.3 Å². The second kappa shape index (κ2) is 6.74. The van der Waals surface area contributed by atoms with Crippen LogP contribution in [0.2, 0.25) is 0 Å². The Labute approximate surface area is 88.2 Å². The largest absolute Gasteiger partial charge is 0.315 e. The van der Waals surface area contributed by atoms with Crippen molar-refractivity contribution in [2.24, 2.45) is 0 Å². The normalized spacial score (nSPS) is 12.6. The highest BCUT2D eigenvalue weighted by atomic mass is 32.2. The van der Waals surface area contributed by atoms with E-state index in [1.165, 1.54) is 5.56 Å². The van der Waals surface area contributed by atoms with Crippen molar-refractivity contribution >= 4 is 10.8 Å². The van der Waals surface area contributed by atoms with Crippen molar-refractivity contribution < 1.29 is 4.21 Å². The van der Waals surface area contributed by atoms with Gasteiger partial charge >= 0.3 is 0 Å². The smallest absolute Gasteiger partial charge is 0.0357 e. The molecule has 0 aromatic heterocycles. The van der Waals surface area contributed by atoms with Crippen molar-refractivity contribution in [2.75, 3.05) is 25.1 Å². The molecule has 0 amide bonds. The van der Waals surface area contributed by atoms with Crippen LogP contribution in [0.3, 0.4) is 0 Å². The molecule has 0 aliphatic heterocycles. The summed E-state index contributed by atoms with van der Waals surface area (Å²) in [5, 5.41) is 3.27. The van der Waals surface area contributed by atoms with Crippen LogP contribution in [0.1, 0.15) is 5.56 Å². The van der Waals surface area contributed by atoms with Crippen molar-refractivity contribution in [3.63, 3.8) is 0 Å². The first-order valence-electron chi connectivity index (χ1n) is 4.83. The van der Waals surface area contributed by atoms with E-state index in [1.54, 1.807) is 6.26 Å². The first kappa shape index (κ1) is 11.4. The van der Waals surface area contributed by atoms with Crippen molar-refractivity contribution in [1.82, 2.24) is 5.32 Å². The third-order valence-corrected chi connectivity index (χ3v) is 2.78. The van der Waals surface area contributed by atoms with Crippen LogP contribution in [-0.2, 0) is 17.2 Å². The quantitative estimate of drug-likeness (QED) is 0.716. The molecule has 1 aromatic rings. The molecule has 0 saturated carbocycles. The maximum Gasteiger partial charge on any atom is 0.0357 e. The van der Waals surface area contributed by atoms with Gasteiger partial charge in [-0.05, 0) is 18.5 Å². The van der Waals surface area contributed by atoms with Crippen molar-refractivity contribution in [2.45, 2.75) is 6.42 Å². The van der Waals surface area contributed by atoms with Crippen LogP contribution in [0.25, 0.3) is 0 Å². The van der Waals surface area contributed by atoms with E-state index >= 15 is 0 Å². The molecule has 0 fully saturated rings. The van der Waals surface area contributed by atoms with Gasteiger partial charge in [-0.1, -0.05) is 30.3 Å². The summed E-state index contributed by atoms with van der Waals surface area (Å²) >= 11 is 0. The topological polar surface area (TPSA) is 29.1 Å². The molecule has 0 radical (unpaired) electrons. The van der Waals surface area contributed by atoms with Gasteiger partial charge in [0.1, 0.15) is 0 Å². The van der Waals surface area contributed by atoms with Crippen LogP contribution < -0.4 is 5.32 Å². The zero-order chi connectivity index (χ0) is 10.2. The van der Waals surface area contributed by atoms with Crippen LogP contribution in [0.5, 0.6) is 0 Å². The van der Waals surface area contributed by atoms with Crippen LogP contribution in [0, 0.1) is 0 Å². The van der Waals surface area contributed by atoms with Gasteiger partial charge in [-0.15, -0.1) is 0 Å². The van der Waals surface area contributed by atoms with Gasteiger partial charge in [-0.2, -0.15) is 0 Å². The molecule has 0 aliphatic carbocycles. The average molecular weight is 211 g/mol. The Morgan fingerprint density at radius 2 is 1.93 bits per heavy atom. The first-order valence-corrected chi connectivity index (χ1v) is 6.56. The third kappa shape index (κ3) is 5.14. The molecular formula is C11H17NOS. The second-order valence-electron chi connectivity index (χ2n) is 3.26. The molecule has 1 atom stereocenters. The van der Waals surface area contributed by atoms with Crippen LogP contribution >= 0.6 is 0 Å². The molecule has 0 saturated heterocycles. The van der Waals surface area contributed by atoms with Gasteiger partial charge in [0.25, 0.3) is 0 Å². The molecule has 78 valence electrons.